The first-order valence-corrected chi connectivity index (χ1v) is 17.3. The van der Waals surface area contributed by atoms with Gasteiger partial charge in [0.15, 0.2) is 17.5 Å². The summed E-state index contributed by atoms with van der Waals surface area (Å²) in [4.78, 5) is 15.5. The smallest absolute Gasteiger partial charge is 0.164 e. The van der Waals surface area contributed by atoms with Crippen molar-refractivity contribution in [3.05, 3.63) is 164 Å². The van der Waals surface area contributed by atoms with E-state index >= 15 is 0 Å². The summed E-state index contributed by atoms with van der Waals surface area (Å²) in [6.45, 7) is 0. The monoisotopic (exact) mass is 641 g/mol. The van der Waals surface area contributed by atoms with Gasteiger partial charge in [-0.2, -0.15) is 0 Å². The Hall–Kier alpha value is -6.23. The highest BCUT2D eigenvalue weighted by Crippen LogP contribution is 2.46. The van der Waals surface area contributed by atoms with Gasteiger partial charge in [0.2, 0.25) is 0 Å². The van der Waals surface area contributed by atoms with Gasteiger partial charge >= 0.3 is 0 Å². The van der Waals surface area contributed by atoms with Crippen LogP contribution in [0.25, 0.3) is 97.8 Å². The summed E-state index contributed by atoms with van der Waals surface area (Å²) in [5.74, 6) is 1.98. The largest absolute Gasteiger partial charge is 0.208 e. The van der Waals surface area contributed by atoms with Crippen LogP contribution >= 0.6 is 11.3 Å². The molecule has 0 unspecified atom stereocenters. The Labute approximate surface area is 286 Å². The predicted octanol–water partition coefficient (Wildman–Crippen LogP) is 12.4. The van der Waals surface area contributed by atoms with Gasteiger partial charge in [-0.25, -0.2) is 15.0 Å². The lowest BCUT2D eigenvalue weighted by Crippen LogP contribution is -2.00. The molecule has 2 aromatic heterocycles. The number of aromatic nitrogens is 3. The molecule has 4 heteroatoms. The number of benzene rings is 8. The zero-order valence-corrected chi connectivity index (χ0v) is 27.2. The SMILES string of the molecule is c1ccc(-c2ccc(-c3nc(-c4ccccc4)nc(-c4cc5ccc6ccccc6c5c5sc6cc7ccccc7cc6c45)n3)cc2)cc1. The molecule has 0 N–H and O–H groups in total. The second-order valence-corrected chi connectivity index (χ2v) is 13.5. The molecular formula is C45H27N3S. The Morgan fingerprint density at radius 1 is 0.347 bits per heavy atom. The normalized spacial score (nSPS) is 11.7. The summed E-state index contributed by atoms with van der Waals surface area (Å²) < 4.78 is 2.51. The van der Waals surface area contributed by atoms with E-state index in [1.165, 1.54) is 58.1 Å². The number of rotatable bonds is 4. The Balaban J connectivity index is 1.28. The van der Waals surface area contributed by atoms with Crippen molar-refractivity contribution >= 4 is 63.8 Å². The summed E-state index contributed by atoms with van der Waals surface area (Å²) >= 11 is 1.86. The predicted molar refractivity (Wildman–Crippen MR) is 207 cm³/mol. The summed E-state index contributed by atoms with van der Waals surface area (Å²) in [6, 6.07) is 57.9. The maximum Gasteiger partial charge on any atom is 0.164 e. The molecule has 3 nitrogen and oxygen atoms in total. The quantitative estimate of drug-likeness (QED) is 0.180. The number of nitrogens with zero attached hydrogens (tertiary/aromatic N) is 3. The molecule has 0 radical (unpaired) electrons. The molecule has 0 aliphatic carbocycles. The fourth-order valence-electron chi connectivity index (χ4n) is 7.08. The Bertz CT molecular complexity index is 2860. The van der Waals surface area contributed by atoms with Crippen LogP contribution in [0.4, 0.5) is 0 Å². The van der Waals surface area contributed by atoms with Crippen molar-refractivity contribution < 1.29 is 0 Å². The van der Waals surface area contributed by atoms with Crippen LogP contribution in [0.3, 0.4) is 0 Å². The minimum absolute atomic E-state index is 0.653. The first kappa shape index (κ1) is 27.8. The standard InChI is InChI=1S/C45H27N3S/c1-3-11-28(12-4-1)29-19-22-32(23-20-29)44-46-43(31-14-5-2-6-15-31)47-45(48-44)38-26-35-24-21-30-13-9-10-18-36(30)40(35)42-41(38)37-25-33-16-7-8-17-34(33)27-39(37)49-42/h1-27H. The fraction of sp³-hybridized carbons (Fsp3) is 0. The average Bonchev–Trinajstić information content (AvgIpc) is 3.55. The van der Waals surface area contributed by atoms with E-state index < -0.39 is 0 Å². The van der Waals surface area contributed by atoms with Gasteiger partial charge in [-0.15, -0.1) is 11.3 Å². The highest BCUT2D eigenvalue weighted by molar-refractivity contribution is 7.27. The molecule has 0 fully saturated rings. The zero-order valence-electron chi connectivity index (χ0n) is 26.3. The molecular weight excluding hydrogens is 615 g/mol. The van der Waals surface area contributed by atoms with Crippen LogP contribution in [0.1, 0.15) is 0 Å². The van der Waals surface area contributed by atoms with Crippen LogP contribution in [-0.4, -0.2) is 15.0 Å². The maximum atomic E-state index is 5.25. The van der Waals surface area contributed by atoms with E-state index in [2.05, 4.69) is 140 Å². The third-order valence-electron chi connectivity index (χ3n) is 9.47. The lowest BCUT2D eigenvalue weighted by atomic mass is 9.95. The van der Waals surface area contributed by atoms with Crippen LogP contribution < -0.4 is 0 Å². The summed E-state index contributed by atoms with van der Waals surface area (Å²) in [5, 5.41) is 9.81. The Kier molecular flexibility index (Phi) is 6.36. The second-order valence-electron chi connectivity index (χ2n) is 12.4. The average molecular weight is 642 g/mol. The Morgan fingerprint density at radius 2 is 0.878 bits per heavy atom. The molecule has 0 saturated carbocycles. The molecule has 0 bridgehead atoms. The third kappa shape index (κ3) is 4.68. The second kappa shape index (κ2) is 11.2. The van der Waals surface area contributed by atoms with E-state index in [-0.39, 0.29) is 0 Å². The van der Waals surface area contributed by atoms with Crippen molar-refractivity contribution in [2.24, 2.45) is 0 Å². The van der Waals surface area contributed by atoms with Crippen LogP contribution in [0.15, 0.2) is 164 Å². The molecule has 2 heterocycles. The fourth-order valence-corrected chi connectivity index (χ4v) is 8.40. The van der Waals surface area contributed by atoms with E-state index in [0.29, 0.717) is 17.5 Å². The van der Waals surface area contributed by atoms with E-state index in [1.54, 1.807) is 0 Å². The van der Waals surface area contributed by atoms with Crippen molar-refractivity contribution in [3.63, 3.8) is 0 Å². The molecule has 0 spiro atoms. The van der Waals surface area contributed by atoms with Gasteiger partial charge in [-0.3, -0.25) is 0 Å². The summed E-state index contributed by atoms with van der Waals surface area (Å²) in [5.41, 5.74) is 5.25. The number of thiophene rings is 1. The van der Waals surface area contributed by atoms with Gasteiger partial charge in [0, 0.05) is 42.2 Å². The van der Waals surface area contributed by atoms with Gasteiger partial charge in [-0.05, 0) is 56.3 Å². The minimum atomic E-state index is 0.653. The van der Waals surface area contributed by atoms with Gasteiger partial charge in [0.05, 0.1) is 0 Å². The molecule has 0 atom stereocenters. The van der Waals surface area contributed by atoms with Crippen LogP contribution in [0.2, 0.25) is 0 Å². The molecule has 10 aromatic rings. The van der Waals surface area contributed by atoms with Gasteiger partial charge in [0.25, 0.3) is 0 Å². The molecule has 0 amide bonds. The van der Waals surface area contributed by atoms with Gasteiger partial charge in [0.1, 0.15) is 0 Å². The van der Waals surface area contributed by atoms with Crippen LogP contribution in [0, 0.1) is 0 Å². The molecule has 0 aliphatic rings. The van der Waals surface area contributed by atoms with Crippen molar-refractivity contribution in [2.45, 2.75) is 0 Å². The lowest BCUT2D eigenvalue weighted by molar-refractivity contribution is 1.08. The third-order valence-corrected chi connectivity index (χ3v) is 10.6. The van der Waals surface area contributed by atoms with Crippen molar-refractivity contribution in [1.29, 1.82) is 0 Å². The topological polar surface area (TPSA) is 38.7 Å². The van der Waals surface area contributed by atoms with Crippen LogP contribution in [0.5, 0.6) is 0 Å². The number of hydrogen-bond donors (Lipinski definition) is 0. The Morgan fingerprint density at radius 3 is 1.61 bits per heavy atom. The van der Waals surface area contributed by atoms with Gasteiger partial charge in [-0.1, -0.05) is 146 Å². The molecule has 0 saturated heterocycles. The molecule has 49 heavy (non-hydrogen) atoms. The zero-order chi connectivity index (χ0) is 32.3. The van der Waals surface area contributed by atoms with E-state index in [0.717, 1.165) is 22.3 Å². The first-order chi connectivity index (χ1) is 24.3. The maximum absolute atomic E-state index is 5.25. The summed E-state index contributed by atoms with van der Waals surface area (Å²) in [6.07, 6.45) is 0. The van der Waals surface area contributed by atoms with E-state index in [4.69, 9.17) is 15.0 Å². The summed E-state index contributed by atoms with van der Waals surface area (Å²) in [7, 11) is 0. The van der Waals surface area contributed by atoms with Crippen molar-refractivity contribution in [1.82, 2.24) is 15.0 Å². The van der Waals surface area contributed by atoms with Crippen LogP contribution in [-0.2, 0) is 0 Å². The highest BCUT2D eigenvalue weighted by atomic mass is 32.1. The molecule has 8 aromatic carbocycles. The van der Waals surface area contributed by atoms with Gasteiger partial charge < -0.3 is 0 Å². The van der Waals surface area contributed by atoms with E-state index in [1.807, 2.05) is 35.6 Å². The van der Waals surface area contributed by atoms with E-state index in [9.17, 15) is 0 Å². The lowest BCUT2D eigenvalue weighted by Gasteiger charge is -2.12. The highest BCUT2D eigenvalue weighted by Gasteiger charge is 2.21. The van der Waals surface area contributed by atoms with Crippen molar-refractivity contribution in [2.75, 3.05) is 0 Å². The first-order valence-electron chi connectivity index (χ1n) is 16.4. The molecule has 0 aliphatic heterocycles. The number of hydrogen-bond acceptors (Lipinski definition) is 4. The molecule has 10 rings (SSSR count). The van der Waals surface area contributed by atoms with Crippen molar-refractivity contribution in [3.8, 4) is 45.3 Å². The number of fused-ring (bicyclic) bond motifs is 8. The molecule has 228 valence electrons. The minimum Gasteiger partial charge on any atom is -0.208 e.